The highest BCUT2D eigenvalue weighted by molar-refractivity contribution is 5.96. The zero-order valence-corrected chi connectivity index (χ0v) is 13.9. The first-order chi connectivity index (χ1) is 11.1. The quantitative estimate of drug-likeness (QED) is 0.929. The van der Waals surface area contributed by atoms with E-state index in [0.29, 0.717) is 24.4 Å². The molecule has 2 aliphatic rings. The molecule has 124 valence electrons. The van der Waals surface area contributed by atoms with Gasteiger partial charge in [-0.25, -0.2) is 0 Å². The molecule has 1 aromatic carbocycles. The molecular weight excluding hydrogens is 288 g/mol. The largest absolute Gasteiger partial charge is 0.347 e. The predicted molar refractivity (Wildman–Crippen MR) is 90.2 cm³/mol. The molecule has 2 amide bonds. The third-order valence-electron chi connectivity index (χ3n) is 5.14. The van der Waals surface area contributed by atoms with E-state index in [-0.39, 0.29) is 17.9 Å². The average Bonchev–Trinajstić information content (AvgIpc) is 2.88. The van der Waals surface area contributed by atoms with Crippen LogP contribution in [-0.2, 0) is 4.79 Å². The van der Waals surface area contributed by atoms with Crippen LogP contribution in [0, 0.1) is 12.8 Å². The van der Waals surface area contributed by atoms with E-state index in [2.05, 4.69) is 5.32 Å². The summed E-state index contributed by atoms with van der Waals surface area (Å²) in [6.45, 7) is 3.46. The van der Waals surface area contributed by atoms with Crippen LogP contribution in [0.2, 0.25) is 0 Å². The van der Waals surface area contributed by atoms with Gasteiger partial charge in [0.2, 0.25) is 5.91 Å². The van der Waals surface area contributed by atoms with Gasteiger partial charge in [-0.1, -0.05) is 37.5 Å². The van der Waals surface area contributed by atoms with Crippen LogP contribution in [-0.4, -0.2) is 35.8 Å². The van der Waals surface area contributed by atoms with Crippen LogP contribution in [0.15, 0.2) is 24.3 Å². The molecule has 1 saturated carbocycles. The third kappa shape index (κ3) is 3.92. The van der Waals surface area contributed by atoms with E-state index in [0.717, 1.165) is 12.1 Å². The fraction of sp³-hybridized carbons (Fsp3) is 0.579. The smallest absolute Gasteiger partial charge is 0.251 e. The number of rotatable bonds is 4. The molecule has 1 saturated heterocycles. The van der Waals surface area contributed by atoms with Crippen molar-refractivity contribution in [3.8, 4) is 0 Å². The van der Waals surface area contributed by atoms with Gasteiger partial charge in [-0.2, -0.15) is 0 Å². The van der Waals surface area contributed by atoms with Gasteiger partial charge in [-0.3, -0.25) is 9.59 Å². The Hall–Kier alpha value is -1.84. The number of hydrogen-bond donors (Lipinski definition) is 1. The third-order valence-corrected chi connectivity index (χ3v) is 5.14. The van der Waals surface area contributed by atoms with Crippen molar-refractivity contribution >= 4 is 11.8 Å². The number of carbonyl (C=O) groups is 2. The highest BCUT2D eigenvalue weighted by Gasteiger charge is 2.32. The van der Waals surface area contributed by atoms with Crippen LogP contribution in [0.1, 0.15) is 54.4 Å². The first kappa shape index (κ1) is 16.0. The van der Waals surface area contributed by atoms with Crippen molar-refractivity contribution < 1.29 is 9.59 Å². The Morgan fingerprint density at radius 3 is 2.70 bits per heavy atom. The summed E-state index contributed by atoms with van der Waals surface area (Å²) < 4.78 is 0. The molecule has 1 atom stereocenters. The van der Waals surface area contributed by atoms with Crippen molar-refractivity contribution in [2.75, 3.05) is 13.1 Å². The Morgan fingerprint density at radius 2 is 1.96 bits per heavy atom. The molecule has 1 aromatic rings. The highest BCUT2D eigenvalue weighted by Crippen LogP contribution is 2.26. The first-order valence-corrected chi connectivity index (χ1v) is 8.78. The number of carbonyl (C=O) groups excluding carboxylic acids is 2. The molecule has 1 aliphatic carbocycles. The number of likely N-dealkylation sites (tertiary alicyclic amines) is 1. The monoisotopic (exact) mass is 314 g/mol. The number of benzene rings is 1. The number of hydrogen-bond acceptors (Lipinski definition) is 2. The summed E-state index contributed by atoms with van der Waals surface area (Å²) in [7, 11) is 0. The van der Waals surface area contributed by atoms with Crippen LogP contribution < -0.4 is 5.32 Å². The number of nitrogens with zero attached hydrogens (tertiary/aromatic N) is 1. The van der Waals surface area contributed by atoms with Crippen LogP contribution in [0.4, 0.5) is 0 Å². The van der Waals surface area contributed by atoms with Crippen LogP contribution in [0.3, 0.4) is 0 Å². The van der Waals surface area contributed by atoms with E-state index in [1.165, 1.54) is 32.1 Å². The van der Waals surface area contributed by atoms with Gasteiger partial charge in [0, 0.05) is 25.1 Å². The van der Waals surface area contributed by atoms with Crippen LogP contribution in [0.5, 0.6) is 0 Å². The molecule has 3 rings (SSSR count). The van der Waals surface area contributed by atoms with Gasteiger partial charge in [0.25, 0.3) is 5.91 Å². The average molecular weight is 314 g/mol. The topological polar surface area (TPSA) is 49.4 Å². The molecule has 1 unspecified atom stereocenters. The summed E-state index contributed by atoms with van der Waals surface area (Å²) >= 11 is 0. The van der Waals surface area contributed by atoms with Gasteiger partial charge in [-0.15, -0.1) is 0 Å². The summed E-state index contributed by atoms with van der Waals surface area (Å²) in [5, 5.41) is 3.03. The Morgan fingerprint density at radius 1 is 1.22 bits per heavy atom. The van der Waals surface area contributed by atoms with Gasteiger partial charge < -0.3 is 10.2 Å². The fourth-order valence-corrected chi connectivity index (χ4v) is 3.82. The first-order valence-electron chi connectivity index (χ1n) is 8.78. The molecule has 2 fully saturated rings. The Kier molecular flexibility index (Phi) is 4.99. The van der Waals surface area contributed by atoms with Gasteiger partial charge >= 0.3 is 0 Å². The molecule has 0 aromatic heterocycles. The summed E-state index contributed by atoms with van der Waals surface area (Å²) in [5.41, 5.74) is 1.67. The minimum Gasteiger partial charge on any atom is -0.347 e. The molecule has 0 bridgehead atoms. The van der Waals surface area contributed by atoms with Crippen molar-refractivity contribution in [3.05, 3.63) is 35.4 Å². The van der Waals surface area contributed by atoms with E-state index >= 15 is 0 Å². The Balaban J connectivity index is 1.55. The van der Waals surface area contributed by atoms with E-state index in [9.17, 15) is 9.59 Å². The van der Waals surface area contributed by atoms with E-state index in [1.807, 2.05) is 36.1 Å². The Labute approximate surface area is 138 Å². The summed E-state index contributed by atoms with van der Waals surface area (Å²) in [6, 6.07) is 7.51. The molecule has 1 N–H and O–H groups in total. The lowest BCUT2D eigenvalue weighted by atomic mass is 9.89. The molecule has 1 heterocycles. The van der Waals surface area contributed by atoms with Crippen molar-refractivity contribution in [3.63, 3.8) is 0 Å². The SMILES string of the molecule is Cc1ccccc1C(=O)NC1CC(=O)N(CC2CCCCC2)C1. The highest BCUT2D eigenvalue weighted by atomic mass is 16.2. The zero-order valence-electron chi connectivity index (χ0n) is 13.9. The maximum absolute atomic E-state index is 12.4. The summed E-state index contributed by atoms with van der Waals surface area (Å²) in [6.07, 6.45) is 6.83. The molecular formula is C19H26N2O2. The van der Waals surface area contributed by atoms with Crippen molar-refractivity contribution in [1.29, 1.82) is 0 Å². The van der Waals surface area contributed by atoms with Crippen molar-refractivity contribution in [2.24, 2.45) is 5.92 Å². The maximum Gasteiger partial charge on any atom is 0.251 e. The molecule has 4 heteroatoms. The van der Waals surface area contributed by atoms with Gasteiger partial charge in [0.1, 0.15) is 0 Å². The minimum atomic E-state index is -0.0691. The van der Waals surface area contributed by atoms with E-state index < -0.39 is 0 Å². The lowest BCUT2D eigenvalue weighted by Gasteiger charge is -2.27. The van der Waals surface area contributed by atoms with Crippen LogP contribution in [0.25, 0.3) is 0 Å². The number of amides is 2. The minimum absolute atomic E-state index is 0.0572. The second-order valence-electron chi connectivity index (χ2n) is 6.99. The van der Waals surface area contributed by atoms with E-state index in [1.54, 1.807) is 0 Å². The molecule has 23 heavy (non-hydrogen) atoms. The number of aryl methyl sites for hydroxylation is 1. The van der Waals surface area contributed by atoms with Gasteiger partial charge in [0.05, 0.1) is 6.04 Å². The standard InChI is InChI=1S/C19H26N2O2/c1-14-7-5-6-10-17(14)19(23)20-16-11-18(22)21(13-16)12-15-8-3-2-4-9-15/h5-7,10,15-16H,2-4,8-9,11-13H2,1H3,(H,20,23). The molecule has 0 radical (unpaired) electrons. The zero-order chi connectivity index (χ0) is 16.2. The van der Waals surface area contributed by atoms with Gasteiger partial charge in [-0.05, 0) is 37.3 Å². The van der Waals surface area contributed by atoms with Crippen molar-refractivity contribution in [1.82, 2.24) is 10.2 Å². The van der Waals surface area contributed by atoms with Crippen molar-refractivity contribution in [2.45, 2.75) is 51.5 Å². The van der Waals surface area contributed by atoms with E-state index in [4.69, 9.17) is 0 Å². The molecule has 0 spiro atoms. The maximum atomic E-state index is 12.4. The number of nitrogens with one attached hydrogen (secondary N) is 1. The Bertz CT molecular complexity index is 578. The lowest BCUT2D eigenvalue weighted by Crippen LogP contribution is -2.38. The second-order valence-corrected chi connectivity index (χ2v) is 6.99. The normalized spacial score (nSPS) is 22.4. The molecule has 4 nitrogen and oxygen atoms in total. The molecule has 1 aliphatic heterocycles. The fourth-order valence-electron chi connectivity index (χ4n) is 3.82. The summed E-state index contributed by atoms with van der Waals surface area (Å²) in [4.78, 5) is 26.6. The predicted octanol–water partition coefficient (Wildman–Crippen LogP) is 2.91. The lowest BCUT2D eigenvalue weighted by molar-refractivity contribution is -0.128. The summed E-state index contributed by atoms with van der Waals surface area (Å²) in [5.74, 6) is 0.768. The van der Waals surface area contributed by atoms with Gasteiger partial charge in [0.15, 0.2) is 0 Å². The second kappa shape index (κ2) is 7.16. The van der Waals surface area contributed by atoms with Crippen LogP contribution >= 0.6 is 0 Å².